The van der Waals surface area contributed by atoms with Gasteiger partial charge in [-0.1, -0.05) is 64.2 Å². The van der Waals surface area contributed by atoms with Gasteiger partial charge in [-0.3, -0.25) is 9.59 Å². The second kappa shape index (κ2) is 11.2. The number of nitrogens with one attached hydrogen (secondary N) is 2. The Hall–Kier alpha value is -1.84. The third kappa shape index (κ3) is 6.65. The number of hydrogen-bond donors (Lipinski definition) is 2. The summed E-state index contributed by atoms with van der Waals surface area (Å²) in [5.74, 6) is 1.46. The van der Waals surface area contributed by atoms with E-state index in [2.05, 4.69) is 10.6 Å². The predicted octanol–water partition coefficient (Wildman–Crippen LogP) is 5.09. The Balaban J connectivity index is 1.36. The molecule has 1 aromatic carbocycles. The van der Waals surface area contributed by atoms with E-state index in [0.717, 1.165) is 37.8 Å². The van der Waals surface area contributed by atoms with Crippen LogP contribution in [-0.2, 0) is 0 Å². The average molecular weight is 385 g/mol. The molecule has 3 rings (SSSR count). The lowest BCUT2D eigenvalue weighted by Gasteiger charge is -2.21. The summed E-state index contributed by atoms with van der Waals surface area (Å²) in [4.78, 5) is 24.6. The molecule has 2 N–H and O–H groups in total. The molecule has 0 unspecified atom stereocenters. The molecule has 0 radical (unpaired) electrons. The van der Waals surface area contributed by atoms with Crippen molar-refractivity contribution in [3.05, 3.63) is 35.4 Å². The molecule has 0 aromatic heterocycles. The molecule has 4 nitrogen and oxygen atoms in total. The molecule has 2 aliphatic rings. The SMILES string of the molecule is O=C(NCCC1CCCCC1)c1ccc(C(=O)NCCC2CCCCC2)cc1. The van der Waals surface area contributed by atoms with E-state index in [4.69, 9.17) is 0 Å². The van der Waals surface area contributed by atoms with Crippen LogP contribution in [0.3, 0.4) is 0 Å². The fraction of sp³-hybridized carbons (Fsp3) is 0.667. The zero-order valence-corrected chi connectivity index (χ0v) is 17.2. The van der Waals surface area contributed by atoms with Crippen molar-refractivity contribution in [3.63, 3.8) is 0 Å². The molecule has 28 heavy (non-hydrogen) atoms. The second-order valence-corrected chi connectivity index (χ2v) is 8.67. The van der Waals surface area contributed by atoms with Gasteiger partial charge in [0.1, 0.15) is 0 Å². The van der Waals surface area contributed by atoms with Crippen molar-refractivity contribution in [2.24, 2.45) is 11.8 Å². The first-order chi connectivity index (χ1) is 13.7. The highest BCUT2D eigenvalue weighted by molar-refractivity contribution is 5.97. The Morgan fingerprint density at radius 2 is 1.00 bits per heavy atom. The van der Waals surface area contributed by atoms with Crippen molar-refractivity contribution in [1.29, 1.82) is 0 Å². The van der Waals surface area contributed by atoms with E-state index >= 15 is 0 Å². The normalized spacial score (nSPS) is 18.6. The Bertz CT molecular complexity index is 559. The van der Waals surface area contributed by atoms with E-state index in [9.17, 15) is 9.59 Å². The molecule has 1 aromatic rings. The first-order valence-electron chi connectivity index (χ1n) is 11.4. The molecular weight excluding hydrogens is 348 g/mol. The van der Waals surface area contributed by atoms with Crippen molar-refractivity contribution in [3.8, 4) is 0 Å². The number of rotatable bonds is 8. The molecule has 0 aliphatic heterocycles. The van der Waals surface area contributed by atoms with Gasteiger partial charge in [-0.05, 0) is 48.9 Å². The van der Waals surface area contributed by atoms with Crippen molar-refractivity contribution in [1.82, 2.24) is 10.6 Å². The third-order valence-electron chi connectivity index (χ3n) is 6.54. The van der Waals surface area contributed by atoms with E-state index in [1.165, 1.54) is 64.2 Å². The Morgan fingerprint density at radius 1 is 0.643 bits per heavy atom. The Kier molecular flexibility index (Phi) is 8.38. The summed E-state index contributed by atoms with van der Waals surface area (Å²) >= 11 is 0. The van der Waals surface area contributed by atoms with Crippen LogP contribution in [0.4, 0.5) is 0 Å². The zero-order chi connectivity index (χ0) is 19.6. The van der Waals surface area contributed by atoms with Gasteiger partial charge in [0.05, 0.1) is 0 Å². The van der Waals surface area contributed by atoms with Crippen LogP contribution >= 0.6 is 0 Å². The monoisotopic (exact) mass is 384 g/mol. The summed E-state index contributed by atoms with van der Waals surface area (Å²) < 4.78 is 0. The van der Waals surface area contributed by atoms with Crippen LogP contribution in [0.25, 0.3) is 0 Å². The summed E-state index contributed by atoms with van der Waals surface area (Å²) in [6, 6.07) is 7.02. The summed E-state index contributed by atoms with van der Waals surface area (Å²) in [6.45, 7) is 1.49. The van der Waals surface area contributed by atoms with E-state index < -0.39 is 0 Å². The molecule has 2 fully saturated rings. The van der Waals surface area contributed by atoms with E-state index in [-0.39, 0.29) is 11.8 Å². The quantitative estimate of drug-likeness (QED) is 0.656. The molecule has 0 atom stereocenters. The molecule has 0 heterocycles. The highest BCUT2D eigenvalue weighted by Crippen LogP contribution is 2.26. The van der Waals surface area contributed by atoms with Crippen LogP contribution in [0.15, 0.2) is 24.3 Å². The van der Waals surface area contributed by atoms with E-state index in [0.29, 0.717) is 11.1 Å². The van der Waals surface area contributed by atoms with Crippen molar-refractivity contribution < 1.29 is 9.59 Å². The summed E-state index contributed by atoms with van der Waals surface area (Å²) in [5.41, 5.74) is 1.25. The minimum Gasteiger partial charge on any atom is -0.352 e. The number of amides is 2. The molecule has 2 amide bonds. The third-order valence-corrected chi connectivity index (χ3v) is 6.54. The highest BCUT2D eigenvalue weighted by Gasteiger charge is 2.15. The lowest BCUT2D eigenvalue weighted by molar-refractivity contribution is 0.0938. The standard InChI is InChI=1S/C24H36N2O2/c27-23(25-17-15-19-7-3-1-4-8-19)21-11-13-22(14-12-21)24(28)26-18-16-20-9-5-2-6-10-20/h11-14,19-20H,1-10,15-18H2,(H,25,27)(H,26,28). The smallest absolute Gasteiger partial charge is 0.251 e. The molecule has 2 saturated carbocycles. The van der Waals surface area contributed by atoms with E-state index in [1.54, 1.807) is 24.3 Å². The van der Waals surface area contributed by atoms with Gasteiger partial charge in [0.15, 0.2) is 0 Å². The molecule has 4 heteroatoms. The minimum absolute atomic E-state index is 0.0416. The van der Waals surface area contributed by atoms with Crippen LogP contribution in [-0.4, -0.2) is 24.9 Å². The molecular formula is C24H36N2O2. The topological polar surface area (TPSA) is 58.2 Å². The van der Waals surface area contributed by atoms with Crippen LogP contribution in [0.1, 0.15) is 97.8 Å². The van der Waals surface area contributed by atoms with E-state index in [1.807, 2.05) is 0 Å². The van der Waals surface area contributed by atoms with Crippen LogP contribution < -0.4 is 10.6 Å². The summed E-state index contributed by atoms with van der Waals surface area (Å²) in [6.07, 6.45) is 15.5. The number of carbonyl (C=O) groups excluding carboxylic acids is 2. The number of benzene rings is 1. The maximum Gasteiger partial charge on any atom is 0.251 e. The van der Waals surface area contributed by atoms with Crippen molar-refractivity contribution in [2.75, 3.05) is 13.1 Å². The second-order valence-electron chi connectivity index (χ2n) is 8.67. The van der Waals surface area contributed by atoms with Gasteiger partial charge >= 0.3 is 0 Å². The fourth-order valence-electron chi connectivity index (χ4n) is 4.71. The van der Waals surface area contributed by atoms with Gasteiger partial charge in [-0.25, -0.2) is 0 Å². The van der Waals surface area contributed by atoms with Gasteiger partial charge in [-0.15, -0.1) is 0 Å². The lowest BCUT2D eigenvalue weighted by Crippen LogP contribution is -2.27. The predicted molar refractivity (Wildman–Crippen MR) is 113 cm³/mol. The minimum atomic E-state index is -0.0416. The molecule has 0 spiro atoms. The number of hydrogen-bond acceptors (Lipinski definition) is 2. The Labute approximate surface area is 169 Å². The average Bonchev–Trinajstić information content (AvgIpc) is 2.75. The highest BCUT2D eigenvalue weighted by atomic mass is 16.2. The van der Waals surface area contributed by atoms with Gasteiger partial charge < -0.3 is 10.6 Å². The van der Waals surface area contributed by atoms with Gasteiger partial charge in [0.25, 0.3) is 11.8 Å². The maximum absolute atomic E-state index is 12.3. The van der Waals surface area contributed by atoms with Gasteiger partial charge in [0.2, 0.25) is 0 Å². The first-order valence-corrected chi connectivity index (χ1v) is 11.4. The summed E-state index contributed by atoms with van der Waals surface area (Å²) in [5, 5.41) is 6.05. The zero-order valence-electron chi connectivity index (χ0n) is 17.2. The Morgan fingerprint density at radius 3 is 1.36 bits per heavy atom. The van der Waals surface area contributed by atoms with Crippen LogP contribution in [0, 0.1) is 11.8 Å². The van der Waals surface area contributed by atoms with Crippen LogP contribution in [0.5, 0.6) is 0 Å². The van der Waals surface area contributed by atoms with Crippen molar-refractivity contribution >= 4 is 11.8 Å². The largest absolute Gasteiger partial charge is 0.352 e. The molecule has 0 saturated heterocycles. The van der Waals surface area contributed by atoms with Gasteiger partial charge in [0, 0.05) is 24.2 Å². The fourth-order valence-corrected chi connectivity index (χ4v) is 4.71. The number of carbonyl (C=O) groups is 2. The molecule has 154 valence electrons. The first kappa shape index (κ1) is 20.9. The van der Waals surface area contributed by atoms with Gasteiger partial charge in [-0.2, -0.15) is 0 Å². The summed E-state index contributed by atoms with van der Waals surface area (Å²) in [7, 11) is 0. The maximum atomic E-state index is 12.3. The van der Waals surface area contributed by atoms with Crippen LogP contribution in [0.2, 0.25) is 0 Å². The molecule has 0 bridgehead atoms. The lowest BCUT2D eigenvalue weighted by atomic mass is 9.87. The van der Waals surface area contributed by atoms with Crippen molar-refractivity contribution in [2.45, 2.75) is 77.0 Å². The molecule has 2 aliphatic carbocycles.